The third kappa shape index (κ3) is 4.40. The normalized spacial score (nSPS) is 26.4. The second-order valence-electron chi connectivity index (χ2n) is 7.69. The lowest BCUT2D eigenvalue weighted by molar-refractivity contribution is 0.337. The van der Waals surface area contributed by atoms with Crippen molar-refractivity contribution >= 4 is 0 Å². The standard InChI is InChI=1S/C22H33N/c1-3-7-19-12-13-20-16-17(2)10-14-22(20)23-21(19)15-11-18-8-5-4-6-9-18/h3,7,14,16-18,23H,4-6,8-13,15H2,1-2H3/b7-3-. The maximum absolute atomic E-state index is 3.83. The van der Waals surface area contributed by atoms with Crippen LogP contribution in [0.3, 0.4) is 0 Å². The quantitative estimate of drug-likeness (QED) is 0.632. The van der Waals surface area contributed by atoms with E-state index >= 15 is 0 Å². The molecule has 0 spiro atoms. The summed E-state index contributed by atoms with van der Waals surface area (Å²) in [5, 5.41) is 3.83. The van der Waals surface area contributed by atoms with Crippen molar-refractivity contribution in [1.82, 2.24) is 5.32 Å². The minimum Gasteiger partial charge on any atom is -0.359 e. The predicted octanol–water partition coefficient (Wildman–Crippen LogP) is 6.41. The number of allylic oxidation sites excluding steroid dienone is 7. The van der Waals surface area contributed by atoms with Crippen molar-refractivity contribution in [3.63, 3.8) is 0 Å². The minimum atomic E-state index is 0.699. The smallest absolute Gasteiger partial charge is 0.0371 e. The van der Waals surface area contributed by atoms with Crippen LogP contribution in [0.1, 0.15) is 78.1 Å². The molecular formula is C22H33N. The van der Waals surface area contributed by atoms with E-state index in [-0.39, 0.29) is 0 Å². The Labute approximate surface area is 142 Å². The van der Waals surface area contributed by atoms with Crippen LogP contribution in [0.15, 0.2) is 46.8 Å². The first-order valence-corrected chi connectivity index (χ1v) is 9.79. The van der Waals surface area contributed by atoms with E-state index in [0.717, 1.165) is 5.92 Å². The third-order valence-corrected chi connectivity index (χ3v) is 5.76. The van der Waals surface area contributed by atoms with Crippen LogP contribution in [0.4, 0.5) is 0 Å². The molecule has 3 rings (SSSR count). The van der Waals surface area contributed by atoms with Gasteiger partial charge in [0.25, 0.3) is 0 Å². The van der Waals surface area contributed by atoms with Gasteiger partial charge >= 0.3 is 0 Å². The van der Waals surface area contributed by atoms with Crippen LogP contribution in [-0.2, 0) is 0 Å². The van der Waals surface area contributed by atoms with Crippen molar-refractivity contribution in [2.75, 3.05) is 0 Å². The minimum absolute atomic E-state index is 0.699. The summed E-state index contributed by atoms with van der Waals surface area (Å²) in [6.45, 7) is 4.47. The van der Waals surface area contributed by atoms with Crippen LogP contribution in [0.5, 0.6) is 0 Å². The maximum atomic E-state index is 3.83. The van der Waals surface area contributed by atoms with Gasteiger partial charge in [0.05, 0.1) is 0 Å². The molecule has 1 heterocycles. The van der Waals surface area contributed by atoms with Gasteiger partial charge in [-0.2, -0.15) is 0 Å². The van der Waals surface area contributed by atoms with Crippen LogP contribution in [-0.4, -0.2) is 0 Å². The number of nitrogens with one attached hydrogen (secondary N) is 1. The molecule has 1 N–H and O–H groups in total. The van der Waals surface area contributed by atoms with Crippen molar-refractivity contribution in [3.05, 3.63) is 46.8 Å². The van der Waals surface area contributed by atoms with Crippen LogP contribution in [0, 0.1) is 11.8 Å². The van der Waals surface area contributed by atoms with Gasteiger partial charge in [0.15, 0.2) is 0 Å². The zero-order chi connectivity index (χ0) is 16.1. The molecule has 0 aromatic heterocycles. The van der Waals surface area contributed by atoms with E-state index < -0.39 is 0 Å². The van der Waals surface area contributed by atoms with E-state index in [0.29, 0.717) is 5.92 Å². The lowest BCUT2D eigenvalue weighted by atomic mass is 9.85. The highest BCUT2D eigenvalue weighted by Gasteiger charge is 2.20. The largest absolute Gasteiger partial charge is 0.359 e. The first-order valence-electron chi connectivity index (χ1n) is 9.79. The molecule has 0 amide bonds. The van der Waals surface area contributed by atoms with E-state index in [1.165, 1.54) is 81.2 Å². The van der Waals surface area contributed by atoms with Crippen LogP contribution >= 0.6 is 0 Å². The van der Waals surface area contributed by atoms with Gasteiger partial charge in [0, 0.05) is 11.4 Å². The lowest BCUT2D eigenvalue weighted by Gasteiger charge is -2.24. The van der Waals surface area contributed by atoms with Gasteiger partial charge < -0.3 is 5.32 Å². The molecule has 0 bridgehead atoms. The summed E-state index contributed by atoms with van der Waals surface area (Å²) in [6, 6.07) is 0. The highest BCUT2D eigenvalue weighted by molar-refractivity contribution is 5.41. The molecule has 0 aromatic rings. The van der Waals surface area contributed by atoms with Crippen molar-refractivity contribution in [2.24, 2.45) is 11.8 Å². The lowest BCUT2D eigenvalue weighted by Crippen LogP contribution is -2.18. The van der Waals surface area contributed by atoms with Crippen molar-refractivity contribution < 1.29 is 0 Å². The fraction of sp³-hybridized carbons (Fsp3) is 0.636. The summed E-state index contributed by atoms with van der Waals surface area (Å²) in [7, 11) is 0. The zero-order valence-corrected chi connectivity index (χ0v) is 15.0. The maximum Gasteiger partial charge on any atom is 0.0371 e. The molecule has 2 aliphatic carbocycles. The molecule has 0 radical (unpaired) electrons. The molecule has 0 aromatic carbocycles. The Kier molecular flexibility index (Phi) is 5.80. The summed E-state index contributed by atoms with van der Waals surface area (Å²) in [6.07, 6.45) is 22.9. The Balaban J connectivity index is 1.72. The number of rotatable bonds is 4. The molecule has 1 aliphatic heterocycles. The molecule has 3 aliphatic rings. The fourth-order valence-electron chi connectivity index (χ4n) is 4.38. The van der Waals surface area contributed by atoms with Crippen molar-refractivity contribution in [2.45, 2.75) is 78.1 Å². The van der Waals surface area contributed by atoms with E-state index in [1.54, 1.807) is 5.57 Å². The average Bonchev–Trinajstić information content (AvgIpc) is 2.74. The second-order valence-corrected chi connectivity index (χ2v) is 7.69. The molecule has 0 saturated heterocycles. The molecule has 1 heteroatoms. The molecule has 126 valence electrons. The Morgan fingerprint density at radius 1 is 1.17 bits per heavy atom. The van der Waals surface area contributed by atoms with Crippen molar-refractivity contribution in [3.8, 4) is 0 Å². The van der Waals surface area contributed by atoms with E-state index in [9.17, 15) is 0 Å². The van der Waals surface area contributed by atoms with E-state index in [1.807, 2.05) is 0 Å². The Hall–Kier alpha value is -1.24. The highest BCUT2D eigenvalue weighted by Crippen LogP contribution is 2.34. The Morgan fingerprint density at radius 3 is 2.78 bits per heavy atom. The zero-order valence-electron chi connectivity index (χ0n) is 15.0. The van der Waals surface area contributed by atoms with Gasteiger partial charge in [-0.25, -0.2) is 0 Å². The third-order valence-electron chi connectivity index (χ3n) is 5.76. The van der Waals surface area contributed by atoms with Crippen LogP contribution < -0.4 is 5.32 Å². The molecule has 1 saturated carbocycles. The molecule has 1 atom stereocenters. The van der Waals surface area contributed by atoms with E-state index in [4.69, 9.17) is 0 Å². The van der Waals surface area contributed by atoms with Crippen LogP contribution in [0.25, 0.3) is 0 Å². The van der Waals surface area contributed by atoms with E-state index in [2.05, 4.69) is 43.5 Å². The SMILES string of the molecule is C/C=C\C1=C(CCC2CCCCC2)NC2=CCC(C)C=C2CC1. The molecular weight excluding hydrogens is 278 g/mol. The monoisotopic (exact) mass is 311 g/mol. The summed E-state index contributed by atoms with van der Waals surface area (Å²) < 4.78 is 0. The molecule has 1 unspecified atom stereocenters. The Bertz CT molecular complexity index is 526. The average molecular weight is 312 g/mol. The van der Waals surface area contributed by atoms with Gasteiger partial charge in [-0.05, 0) is 62.0 Å². The summed E-state index contributed by atoms with van der Waals surface area (Å²) in [4.78, 5) is 0. The molecule has 1 nitrogen and oxygen atoms in total. The Morgan fingerprint density at radius 2 is 2.00 bits per heavy atom. The molecule has 23 heavy (non-hydrogen) atoms. The van der Waals surface area contributed by atoms with Crippen LogP contribution in [0.2, 0.25) is 0 Å². The highest BCUT2D eigenvalue weighted by atomic mass is 14.9. The fourth-order valence-corrected chi connectivity index (χ4v) is 4.38. The summed E-state index contributed by atoms with van der Waals surface area (Å²) >= 11 is 0. The topological polar surface area (TPSA) is 12.0 Å². The summed E-state index contributed by atoms with van der Waals surface area (Å²) in [5.74, 6) is 1.66. The van der Waals surface area contributed by atoms with Gasteiger partial charge in [0.1, 0.15) is 0 Å². The molecule has 1 fully saturated rings. The first-order chi connectivity index (χ1) is 11.3. The second kappa shape index (κ2) is 8.04. The van der Waals surface area contributed by atoms with Gasteiger partial charge in [-0.3, -0.25) is 0 Å². The first kappa shape index (κ1) is 16.6. The van der Waals surface area contributed by atoms with Gasteiger partial charge in [0.2, 0.25) is 0 Å². The van der Waals surface area contributed by atoms with Crippen molar-refractivity contribution in [1.29, 1.82) is 0 Å². The summed E-state index contributed by atoms with van der Waals surface area (Å²) in [5.41, 5.74) is 5.98. The number of hydrogen-bond donors (Lipinski definition) is 1. The number of hydrogen-bond acceptors (Lipinski definition) is 1. The number of fused-ring (bicyclic) bond motifs is 1. The predicted molar refractivity (Wildman–Crippen MR) is 100.0 cm³/mol. The van der Waals surface area contributed by atoms with Gasteiger partial charge in [-0.1, -0.05) is 63.3 Å². The van der Waals surface area contributed by atoms with Gasteiger partial charge in [-0.15, -0.1) is 0 Å².